The third kappa shape index (κ3) is 8.57. The Bertz CT molecular complexity index is 730. The van der Waals surface area contributed by atoms with E-state index in [1.165, 1.54) is 11.8 Å². The Labute approximate surface area is 225 Å². The molecule has 37 heavy (non-hydrogen) atoms. The Kier molecular flexibility index (Phi) is 11.7. The van der Waals surface area contributed by atoms with E-state index in [9.17, 15) is 33.3 Å². The summed E-state index contributed by atoms with van der Waals surface area (Å²) in [6.07, 6.45) is -2.04. The van der Waals surface area contributed by atoms with E-state index in [0.717, 1.165) is 38.5 Å². The second-order valence-electron chi connectivity index (χ2n) is 10.6. The number of alkyl halides is 4. The van der Waals surface area contributed by atoms with Crippen molar-refractivity contribution in [2.45, 2.75) is 111 Å². The van der Waals surface area contributed by atoms with Crippen LogP contribution in [0.15, 0.2) is 0 Å². The first-order valence-electron chi connectivity index (χ1n) is 13.1. The molecule has 6 N–H and O–H groups in total. The fourth-order valence-electron chi connectivity index (χ4n) is 5.91. The molecule has 3 unspecified atom stereocenters. The zero-order chi connectivity index (χ0) is 27.3. The summed E-state index contributed by atoms with van der Waals surface area (Å²) < 4.78 is 43.3. The summed E-state index contributed by atoms with van der Waals surface area (Å²) in [6, 6.07) is -1.35. The van der Waals surface area contributed by atoms with Gasteiger partial charge in [0, 0.05) is 6.04 Å². The van der Waals surface area contributed by atoms with E-state index < -0.39 is 60.0 Å². The number of halogens is 4. The van der Waals surface area contributed by atoms with Crippen LogP contribution < -0.4 is 16.0 Å². The zero-order valence-corrected chi connectivity index (χ0v) is 22.9. The predicted molar refractivity (Wildman–Crippen MR) is 136 cm³/mol. The second-order valence-corrected chi connectivity index (χ2v) is 12.3. The molecule has 3 rings (SSSR count). The van der Waals surface area contributed by atoms with Crippen molar-refractivity contribution in [2.75, 3.05) is 19.3 Å². The van der Waals surface area contributed by atoms with Gasteiger partial charge in [0.25, 0.3) is 0 Å². The van der Waals surface area contributed by atoms with Gasteiger partial charge in [-0.1, -0.05) is 0 Å². The molecule has 2 saturated heterocycles. The maximum atomic E-state index is 13.2. The monoisotopic (exact) mass is 575 g/mol. The van der Waals surface area contributed by atoms with Gasteiger partial charge in [-0.15, -0.1) is 23.4 Å². The average molecular weight is 576 g/mol. The van der Waals surface area contributed by atoms with Gasteiger partial charge in [0.1, 0.15) is 29.9 Å². The fourth-order valence-corrected chi connectivity index (χ4v) is 6.79. The van der Waals surface area contributed by atoms with Gasteiger partial charge < -0.3 is 36.0 Å². The van der Waals surface area contributed by atoms with E-state index >= 15 is 0 Å². The van der Waals surface area contributed by atoms with Gasteiger partial charge in [-0.2, -0.15) is 13.2 Å². The minimum absolute atomic E-state index is 0.0996. The third-order valence-corrected chi connectivity index (χ3v) is 9.20. The summed E-state index contributed by atoms with van der Waals surface area (Å²) in [4.78, 5) is 13.2. The van der Waals surface area contributed by atoms with Crippen molar-refractivity contribution in [3.05, 3.63) is 0 Å². The van der Waals surface area contributed by atoms with Crippen LogP contribution in [-0.4, -0.2) is 100 Å². The minimum atomic E-state index is -4.20. The molecule has 8 nitrogen and oxygen atoms in total. The summed E-state index contributed by atoms with van der Waals surface area (Å²) in [5, 5.41) is 39.2. The van der Waals surface area contributed by atoms with E-state index in [1.807, 2.05) is 0 Å². The first-order valence-corrected chi connectivity index (χ1v) is 14.8. The Morgan fingerprint density at radius 3 is 2.27 bits per heavy atom. The normalized spacial score (nSPS) is 39.4. The molecule has 2 aliphatic heterocycles. The molecule has 2 heterocycles. The number of aliphatic hydroxyl groups excluding tert-OH is 3. The molecular weight excluding hydrogens is 535 g/mol. The molecule has 13 heteroatoms. The number of nitrogens with one attached hydrogen (secondary N) is 3. The van der Waals surface area contributed by atoms with Gasteiger partial charge in [-0.05, 0) is 76.5 Å². The fraction of sp³-hybridized carbons (Fsp3) is 0.958. The molecule has 1 saturated carbocycles. The van der Waals surface area contributed by atoms with Crippen LogP contribution in [0.3, 0.4) is 0 Å². The van der Waals surface area contributed by atoms with Crippen LogP contribution in [0, 0.1) is 11.8 Å². The van der Waals surface area contributed by atoms with Crippen molar-refractivity contribution in [1.29, 1.82) is 0 Å². The molecule has 216 valence electrons. The number of carbonyl (C=O) groups is 1. The van der Waals surface area contributed by atoms with E-state index in [1.54, 1.807) is 13.2 Å². The summed E-state index contributed by atoms with van der Waals surface area (Å²) >= 11 is 7.57. The molecule has 3 aliphatic rings. The lowest BCUT2D eigenvalue weighted by Crippen LogP contribution is -2.65. The molecule has 0 spiro atoms. The predicted octanol–water partition coefficient (Wildman–Crippen LogP) is 1.74. The van der Waals surface area contributed by atoms with E-state index in [2.05, 4.69) is 16.0 Å². The highest BCUT2D eigenvalue weighted by atomic mass is 35.5. The Hall–Kier alpha value is -0.340. The highest BCUT2D eigenvalue weighted by Crippen LogP contribution is 2.36. The first-order chi connectivity index (χ1) is 17.4. The molecule has 0 radical (unpaired) electrons. The number of ether oxygens (including phenoxy) is 1. The largest absolute Gasteiger partial charge is 0.401 e. The summed E-state index contributed by atoms with van der Waals surface area (Å²) in [5.41, 5.74) is -0.770. The van der Waals surface area contributed by atoms with Crippen LogP contribution in [0.2, 0.25) is 0 Å². The van der Waals surface area contributed by atoms with Crippen LogP contribution in [-0.2, 0) is 9.53 Å². The van der Waals surface area contributed by atoms with Gasteiger partial charge in [-0.3, -0.25) is 4.79 Å². The van der Waals surface area contributed by atoms with E-state index in [0.29, 0.717) is 24.8 Å². The Balaban J connectivity index is 1.52. The molecule has 9 atom stereocenters. The Morgan fingerprint density at radius 1 is 1.05 bits per heavy atom. The highest BCUT2D eigenvalue weighted by Gasteiger charge is 2.48. The lowest BCUT2D eigenvalue weighted by atomic mass is 9.75. The number of carbonyl (C=O) groups excluding carboxylic acids is 1. The molecule has 0 aromatic rings. The van der Waals surface area contributed by atoms with Gasteiger partial charge in [0.05, 0.1) is 24.0 Å². The lowest BCUT2D eigenvalue weighted by Gasteiger charge is -2.44. The van der Waals surface area contributed by atoms with E-state index in [-0.39, 0.29) is 11.9 Å². The molecule has 0 bridgehead atoms. The van der Waals surface area contributed by atoms with Crippen molar-refractivity contribution in [2.24, 2.45) is 11.8 Å². The zero-order valence-electron chi connectivity index (χ0n) is 21.3. The van der Waals surface area contributed by atoms with Gasteiger partial charge in [0.2, 0.25) is 5.91 Å². The van der Waals surface area contributed by atoms with Crippen LogP contribution in [0.5, 0.6) is 0 Å². The number of amides is 1. The number of rotatable bonds is 8. The van der Waals surface area contributed by atoms with Crippen molar-refractivity contribution >= 4 is 29.3 Å². The van der Waals surface area contributed by atoms with Crippen LogP contribution >= 0.6 is 23.4 Å². The van der Waals surface area contributed by atoms with Gasteiger partial charge >= 0.3 is 6.18 Å². The molecule has 1 aliphatic carbocycles. The number of aliphatic hydroxyl groups is 3. The van der Waals surface area contributed by atoms with Crippen molar-refractivity contribution in [3.63, 3.8) is 0 Å². The highest BCUT2D eigenvalue weighted by molar-refractivity contribution is 7.99. The van der Waals surface area contributed by atoms with Crippen molar-refractivity contribution in [1.82, 2.24) is 16.0 Å². The standard InChI is InChI=1S/C24H41ClF3N3O5S/c1-12(25)17(21-19(33)18(32)20(34)23(36-21)37-2)31-22(35)16-8-5-14(9-10-29-16)13-3-6-15(7-4-13)30-11-24(26,27)28/h12-21,23,29-30,32-34H,3-11H2,1-2H3,(H,31,35)/t12-,13?,14-,15?,16-,17+,18?,19?,20+,21+,23?/m0/s1. The molecular formula is C24H41ClF3N3O5S. The molecule has 3 fully saturated rings. The van der Waals surface area contributed by atoms with Crippen LogP contribution in [0.4, 0.5) is 13.2 Å². The number of hydrogen-bond acceptors (Lipinski definition) is 8. The SMILES string of the molecule is CSC1O[C@H]([C@H](NC(=O)[C@@H]2CC[C@H](C3CCC(NCC(F)(F)F)CC3)CCN2)[C@H](C)Cl)C(O)C(O)[C@H]1O. The molecule has 0 aromatic heterocycles. The topological polar surface area (TPSA) is 123 Å². The number of thioether (sulfide) groups is 1. The van der Waals surface area contributed by atoms with Crippen LogP contribution in [0.1, 0.15) is 51.9 Å². The summed E-state index contributed by atoms with van der Waals surface area (Å²) in [6.45, 7) is 1.37. The summed E-state index contributed by atoms with van der Waals surface area (Å²) in [5.74, 6) is 0.569. The van der Waals surface area contributed by atoms with E-state index in [4.69, 9.17) is 16.3 Å². The average Bonchev–Trinajstić information content (AvgIpc) is 3.11. The quantitative estimate of drug-likeness (QED) is 0.242. The lowest BCUT2D eigenvalue weighted by molar-refractivity contribution is -0.205. The molecule has 0 aromatic carbocycles. The Morgan fingerprint density at radius 2 is 1.68 bits per heavy atom. The first kappa shape index (κ1) is 31.2. The second kappa shape index (κ2) is 13.8. The summed E-state index contributed by atoms with van der Waals surface area (Å²) in [7, 11) is 0. The van der Waals surface area contributed by atoms with Gasteiger partial charge in [-0.25, -0.2) is 0 Å². The maximum Gasteiger partial charge on any atom is 0.401 e. The molecule has 1 amide bonds. The maximum absolute atomic E-state index is 13.2. The smallest absolute Gasteiger partial charge is 0.388 e. The van der Waals surface area contributed by atoms with Crippen molar-refractivity contribution < 1.29 is 38.0 Å². The van der Waals surface area contributed by atoms with Crippen molar-refractivity contribution in [3.8, 4) is 0 Å². The number of hydrogen-bond donors (Lipinski definition) is 6. The third-order valence-electron chi connectivity index (χ3n) is 8.07. The minimum Gasteiger partial charge on any atom is -0.388 e. The van der Waals surface area contributed by atoms with Gasteiger partial charge in [0.15, 0.2) is 0 Å². The van der Waals surface area contributed by atoms with Crippen LogP contribution in [0.25, 0.3) is 0 Å².